The van der Waals surface area contributed by atoms with Crippen LogP contribution < -0.4 is 10.6 Å². The van der Waals surface area contributed by atoms with Crippen LogP contribution in [0.3, 0.4) is 0 Å². The van der Waals surface area contributed by atoms with Gasteiger partial charge in [0.15, 0.2) is 6.10 Å². The summed E-state index contributed by atoms with van der Waals surface area (Å²) in [5.74, 6) is -0.0868. The van der Waals surface area contributed by atoms with E-state index in [1.54, 1.807) is 16.9 Å². The number of anilines is 1. The Morgan fingerprint density at radius 2 is 2.04 bits per heavy atom. The van der Waals surface area contributed by atoms with Gasteiger partial charge >= 0.3 is 6.09 Å². The molecule has 1 fully saturated rings. The number of aliphatic hydroxyl groups is 1. The van der Waals surface area contributed by atoms with Crippen LogP contribution in [0.25, 0.3) is 0 Å². The lowest BCUT2D eigenvalue weighted by Crippen LogP contribution is -2.48. The number of aromatic nitrogens is 2. The zero-order valence-corrected chi connectivity index (χ0v) is 16.4. The first kappa shape index (κ1) is 21.2. The molecule has 4 N–H and O–H groups in total. The standard InChI is InChI=1S/C19H32N4O4/c1-19(2,3)11-5-4-9-14(21-18(26)27)16(24)17(25)22-15-10-12-20-23(15)13-7-6-8-13/h10,12-14,16,21,24H,4-9,11H2,1-3H3,(H,22,25)(H,26,27)/t14-,16+/m0/s1. The number of rotatable bonds is 9. The van der Waals surface area contributed by atoms with Gasteiger partial charge in [-0.15, -0.1) is 0 Å². The minimum Gasteiger partial charge on any atom is -0.465 e. The molecule has 2 atom stereocenters. The lowest BCUT2D eigenvalue weighted by Gasteiger charge is -2.28. The van der Waals surface area contributed by atoms with Gasteiger partial charge in [-0.2, -0.15) is 5.10 Å². The van der Waals surface area contributed by atoms with Crippen LogP contribution in [0.1, 0.15) is 71.8 Å². The molecule has 1 aromatic heterocycles. The van der Waals surface area contributed by atoms with E-state index in [2.05, 4.69) is 36.5 Å². The summed E-state index contributed by atoms with van der Waals surface area (Å²) in [6.45, 7) is 6.44. The zero-order chi connectivity index (χ0) is 20.0. The molecule has 0 unspecified atom stereocenters. The van der Waals surface area contributed by atoms with E-state index in [0.717, 1.165) is 38.5 Å². The lowest BCUT2D eigenvalue weighted by atomic mass is 9.89. The fourth-order valence-corrected chi connectivity index (χ4v) is 3.21. The molecule has 0 aliphatic heterocycles. The zero-order valence-electron chi connectivity index (χ0n) is 16.4. The van der Waals surface area contributed by atoms with Crippen molar-refractivity contribution in [3.8, 4) is 0 Å². The Kier molecular flexibility index (Phi) is 7.24. The van der Waals surface area contributed by atoms with Crippen molar-refractivity contribution in [3.63, 3.8) is 0 Å². The van der Waals surface area contributed by atoms with E-state index in [-0.39, 0.29) is 11.5 Å². The van der Waals surface area contributed by atoms with Crippen LogP contribution in [0.2, 0.25) is 0 Å². The van der Waals surface area contributed by atoms with Crippen molar-refractivity contribution in [1.29, 1.82) is 0 Å². The summed E-state index contributed by atoms with van der Waals surface area (Å²) in [7, 11) is 0. The first-order valence-electron chi connectivity index (χ1n) is 9.69. The molecule has 1 heterocycles. The SMILES string of the molecule is CC(C)(C)CCCC[C@H](NC(=O)O)[C@@H](O)C(=O)Nc1ccnn1C1CCC1. The summed E-state index contributed by atoms with van der Waals surface area (Å²) in [4.78, 5) is 23.5. The van der Waals surface area contributed by atoms with Crippen LogP contribution in [0, 0.1) is 5.41 Å². The number of hydrogen-bond acceptors (Lipinski definition) is 4. The Morgan fingerprint density at radius 1 is 1.33 bits per heavy atom. The molecule has 0 bridgehead atoms. The molecular formula is C19H32N4O4. The second-order valence-electron chi connectivity index (χ2n) is 8.54. The van der Waals surface area contributed by atoms with E-state index in [0.29, 0.717) is 12.2 Å². The summed E-state index contributed by atoms with van der Waals surface area (Å²) in [5.41, 5.74) is 0.200. The summed E-state index contributed by atoms with van der Waals surface area (Å²) in [6.07, 6.45) is 5.11. The van der Waals surface area contributed by atoms with Gasteiger partial charge in [-0.3, -0.25) is 4.79 Å². The van der Waals surface area contributed by atoms with E-state index < -0.39 is 24.1 Å². The van der Waals surface area contributed by atoms with Crippen LogP contribution >= 0.6 is 0 Å². The maximum absolute atomic E-state index is 12.5. The lowest BCUT2D eigenvalue weighted by molar-refractivity contribution is -0.125. The average Bonchev–Trinajstić information content (AvgIpc) is 2.94. The molecule has 0 aromatic carbocycles. The topological polar surface area (TPSA) is 116 Å². The summed E-state index contributed by atoms with van der Waals surface area (Å²) in [6, 6.07) is 1.12. The number of carbonyl (C=O) groups excluding carboxylic acids is 1. The van der Waals surface area contributed by atoms with Crippen molar-refractivity contribution in [3.05, 3.63) is 12.3 Å². The number of amides is 2. The summed E-state index contributed by atoms with van der Waals surface area (Å²) in [5, 5.41) is 28.7. The van der Waals surface area contributed by atoms with Gasteiger partial charge in [0.25, 0.3) is 5.91 Å². The number of nitrogens with one attached hydrogen (secondary N) is 2. The number of aliphatic hydroxyl groups excluding tert-OH is 1. The highest BCUT2D eigenvalue weighted by molar-refractivity contribution is 5.94. The van der Waals surface area contributed by atoms with Crippen molar-refractivity contribution >= 4 is 17.8 Å². The van der Waals surface area contributed by atoms with Crippen LogP contribution in [-0.2, 0) is 4.79 Å². The van der Waals surface area contributed by atoms with Crippen molar-refractivity contribution in [2.75, 3.05) is 5.32 Å². The molecule has 1 aromatic rings. The van der Waals surface area contributed by atoms with Crippen molar-refractivity contribution in [2.24, 2.45) is 5.41 Å². The molecule has 1 aliphatic carbocycles. The third-order valence-corrected chi connectivity index (χ3v) is 4.99. The first-order valence-corrected chi connectivity index (χ1v) is 9.69. The van der Waals surface area contributed by atoms with Crippen LogP contribution in [0.4, 0.5) is 10.6 Å². The van der Waals surface area contributed by atoms with Crippen LogP contribution in [0.15, 0.2) is 12.3 Å². The maximum Gasteiger partial charge on any atom is 0.404 e. The molecule has 27 heavy (non-hydrogen) atoms. The molecule has 2 amide bonds. The van der Waals surface area contributed by atoms with Gasteiger partial charge in [0, 0.05) is 6.07 Å². The fourth-order valence-electron chi connectivity index (χ4n) is 3.21. The van der Waals surface area contributed by atoms with Gasteiger partial charge in [0.1, 0.15) is 5.82 Å². The highest BCUT2D eigenvalue weighted by atomic mass is 16.4. The largest absolute Gasteiger partial charge is 0.465 e. The second kappa shape index (κ2) is 9.21. The smallest absolute Gasteiger partial charge is 0.404 e. The summed E-state index contributed by atoms with van der Waals surface area (Å²) >= 11 is 0. The van der Waals surface area contributed by atoms with Gasteiger partial charge in [-0.25, -0.2) is 9.48 Å². The Balaban J connectivity index is 1.92. The van der Waals surface area contributed by atoms with Gasteiger partial charge in [0.2, 0.25) is 0 Å². The molecule has 2 rings (SSSR count). The molecule has 8 heteroatoms. The molecule has 0 spiro atoms. The van der Waals surface area contributed by atoms with Gasteiger partial charge in [-0.1, -0.05) is 33.6 Å². The fraction of sp³-hybridized carbons (Fsp3) is 0.737. The van der Waals surface area contributed by atoms with Crippen LogP contribution in [0.5, 0.6) is 0 Å². The average molecular weight is 380 g/mol. The quantitative estimate of drug-likeness (QED) is 0.491. The number of carboxylic acid groups (broad SMARTS) is 1. The van der Waals surface area contributed by atoms with Crippen LogP contribution in [-0.4, -0.2) is 44.1 Å². The van der Waals surface area contributed by atoms with E-state index in [1.165, 1.54) is 0 Å². The van der Waals surface area contributed by atoms with E-state index in [4.69, 9.17) is 5.11 Å². The Hall–Kier alpha value is -2.09. The minimum atomic E-state index is -1.46. The second-order valence-corrected chi connectivity index (χ2v) is 8.54. The molecule has 152 valence electrons. The summed E-state index contributed by atoms with van der Waals surface area (Å²) < 4.78 is 1.76. The van der Waals surface area contributed by atoms with E-state index in [1.807, 2.05) is 0 Å². The van der Waals surface area contributed by atoms with Crippen molar-refractivity contribution in [1.82, 2.24) is 15.1 Å². The van der Waals surface area contributed by atoms with Gasteiger partial charge in [-0.05, 0) is 37.5 Å². The molecular weight excluding hydrogens is 348 g/mol. The van der Waals surface area contributed by atoms with E-state index in [9.17, 15) is 14.7 Å². The normalized spacial score (nSPS) is 17.0. The highest BCUT2D eigenvalue weighted by Gasteiger charge is 2.29. The monoisotopic (exact) mass is 380 g/mol. The molecule has 8 nitrogen and oxygen atoms in total. The molecule has 1 saturated carbocycles. The molecule has 1 aliphatic rings. The van der Waals surface area contributed by atoms with Crippen molar-refractivity contribution in [2.45, 2.75) is 83.9 Å². The Labute approximate surface area is 160 Å². The molecule has 0 saturated heterocycles. The molecule has 0 radical (unpaired) electrons. The van der Waals surface area contributed by atoms with E-state index >= 15 is 0 Å². The Morgan fingerprint density at radius 3 is 2.59 bits per heavy atom. The maximum atomic E-state index is 12.5. The van der Waals surface area contributed by atoms with Gasteiger partial charge < -0.3 is 20.8 Å². The van der Waals surface area contributed by atoms with Crippen molar-refractivity contribution < 1.29 is 19.8 Å². The first-order chi connectivity index (χ1) is 12.7. The minimum absolute atomic E-state index is 0.200. The number of nitrogens with zero attached hydrogens (tertiary/aromatic N) is 2. The number of hydrogen-bond donors (Lipinski definition) is 4. The third kappa shape index (κ3) is 6.53. The number of carbonyl (C=O) groups is 2. The third-order valence-electron chi connectivity index (χ3n) is 4.99. The Bertz CT molecular complexity index is 634. The highest BCUT2D eigenvalue weighted by Crippen LogP contribution is 2.33. The predicted octanol–water partition coefficient (Wildman–Crippen LogP) is 3.15. The predicted molar refractivity (Wildman–Crippen MR) is 103 cm³/mol. The van der Waals surface area contributed by atoms with Gasteiger partial charge in [0.05, 0.1) is 18.3 Å². The number of unbranched alkanes of at least 4 members (excludes halogenated alkanes) is 1.